The van der Waals surface area contributed by atoms with E-state index in [1.165, 1.54) is 16.8 Å². The van der Waals surface area contributed by atoms with Gasteiger partial charge in [-0.3, -0.25) is 0 Å². The molecule has 0 bridgehead atoms. The third-order valence-electron chi connectivity index (χ3n) is 4.79. The van der Waals surface area contributed by atoms with Crippen molar-refractivity contribution in [3.8, 4) is 0 Å². The number of hydrogen-bond acceptors (Lipinski definition) is 2. The summed E-state index contributed by atoms with van der Waals surface area (Å²) in [7, 11) is 0. The number of benzene rings is 2. The van der Waals surface area contributed by atoms with Crippen molar-refractivity contribution < 1.29 is 0 Å². The fraction of sp³-hybridized carbons (Fsp3) is 0.368. The first-order valence-corrected chi connectivity index (χ1v) is 7.74. The van der Waals surface area contributed by atoms with Gasteiger partial charge in [-0.25, -0.2) is 0 Å². The zero-order chi connectivity index (χ0) is 14.9. The lowest BCUT2D eigenvalue weighted by Crippen LogP contribution is -2.46. The van der Waals surface area contributed by atoms with Gasteiger partial charge in [0.05, 0.1) is 0 Å². The molecule has 0 saturated heterocycles. The lowest BCUT2D eigenvalue weighted by molar-refractivity contribution is 0.459. The van der Waals surface area contributed by atoms with Crippen LogP contribution in [0.1, 0.15) is 25.0 Å². The molecule has 21 heavy (non-hydrogen) atoms. The molecule has 2 aromatic carbocycles. The Labute approximate surface area is 127 Å². The zero-order valence-electron chi connectivity index (χ0n) is 12.9. The SMILES string of the molecule is CC1Cc2ccccc2N1CC(C)(CN)c1ccccc1. The molecular formula is C19H24N2. The van der Waals surface area contributed by atoms with Gasteiger partial charge >= 0.3 is 0 Å². The highest BCUT2D eigenvalue weighted by atomic mass is 15.2. The van der Waals surface area contributed by atoms with E-state index in [1.54, 1.807) is 0 Å². The van der Waals surface area contributed by atoms with Gasteiger partial charge in [-0.05, 0) is 30.5 Å². The van der Waals surface area contributed by atoms with Crippen LogP contribution in [0.5, 0.6) is 0 Å². The molecule has 0 radical (unpaired) electrons. The van der Waals surface area contributed by atoms with Crippen molar-refractivity contribution in [1.29, 1.82) is 0 Å². The van der Waals surface area contributed by atoms with Crippen molar-refractivity contribution in [3.05, 3.63) is 65.7 Å². The minimum atomic E-state index is -0.0209. The van der Waals surface area contributed by atoms with E-state index in [-0.39, 0.29) is 5.41 Å². The molecule has 0 fully saturated rings. The summed E-state index contributed by atoms with van der Waals surface area (Å²) in [5, 5.41) is 0. The first-order chi connectivity index (χ1) is 10.1. The van der Waals surface area contributed by atoms with Gasteiger partial charge in [0.25, 0.3) is 0 Å². The second-order valence-electron chi connectivity index (χ2n) is 6.44. The summed E-state index contributed by atoms with van der Waals surface area (Å²) >= 11 is 0. The highest BCUT2D eigenvalue weighted by Crippen LogP contribution is 2.35. The standard InChI is InChI=1S/C19H24N2/c1-15-12-16-8-6-7-11-18(16)21(15)14-19(2,13-20)17-9-4-3-5-10-17/h3-11,15H,12-14,20H2,1-2H3. The van der Waals surface area contributed by atoms with Crippen LogP contribution in [0.15, 0.2) is 54.6 Å². The number of nitrogens with zero attached hydrogens (tertiary/aromatic N) is 1. The molecule has 1 aliphatic rings. The summed E-state index contributed by atoms with van der Waals surface area (Å²) in [5.74, 6) is 0. The number of para-hydroxylation sites is 1. The van der Waals surface area contributed by atoms with Crippen molar-refractivity contribution in [2.75, 3.05) is 18.0 Å². The van der Waals surface area contributed by atoms with Gasteiger partial charge in [0.2, 0.25) is 0 Å². The summed E-state index contributed by atoms with van der Waals surface area (Å²) in [6.45, 7) is 6.20. The fourth-order valence-corrected chi connectivity index (χ4v) is 3.36. The van der Waals surface area contributed by atoms with E-state index >= 15 is 0 Å². The number of fused-ring (bicyclic) bond motifs is 1. The monoisotopic (exact) mass is 280 g/mol. The van der Waals surface area contributed by atoms with Crippen molar-refractivity contribution in [1.82, 2.24) is 0 Å². The Morgan fingerprint density at radius 2 is 1.76 bits per heavy atom. The molecule has 2 atom stereocenters. The Kier molecular flexibility index (Phi) is 3.73. The third-order valence-corrected chi connectivity index (χ3v) is 4.79. The normalized spacial score (nSPS) is 20.1. The van der Waals surface area contributed by atoms with E-state index in [2.05, 4.69) is 73.3 Å². The topological polar surface area (TPSA) is 29.3 Å². The molecule has 2 N–H and O–H groups in total. The Balaban J connectivity index is 1.91. The van der Waals surface area contributed by atoms with E-state index < -0.39 is 0 Å². The van der Waals surface area contributed by atoms with Crippen molar-refractivity contribution >= 4 is 5.69 Å². The van der Waals surface area contributed by atoms with Crippen LogP contribution in [-0.2, 0) is 11.8 Å². The highest BCUT2D eigenvalue weighted by molar-refractivity contribution is 5.59. The van der Waals surface area contributed by atoms with Crippen LogP contribution in [0.2, 0.25) is 0 Å². The summed E-state index contributed by atoms with van der Waals surface area (Å²) < 4.78 is 0. The van der Waals surface area contributed by atoms with Crippen molar-refractivity contribution in [2.45, 2.75) is 31.7 Å². The van der Waals surface area contributed by atoms with Crippen molar-refractivity contribution in [3.63, 3.8) is 0 Å². The maximum absolute atomic E-state index is 6.16. The van der Waals surface area contributed by atoms with Crippen LogP contribution in [-0.4, -0.2) is 19.1 Å². The average molecular weight is 280 g/mol. The Morgan fingerprint density at radius 1 is 1.10 bits per heavy atom. The molecule has 0 aromatic heterocycles. The predicted molar refractivity (Wildman–Crippen MR) is 89.8 cm³/mol. The molecule has 1 aliphatic heterocycles. The largest absolute Gasteiger partial charge is 0.367 e. The number of anilines is 1. The van der Waals surface area contributed by atoms with Gasteiger partial charge in [0.15, 0.2) is 0 Å². The molecule has 2 heteroatoms. The Hall–Kier alpha value is -1.80. The smallest absolute Gasteiger partial charge is 0.0402 e. The summed E-state index contributed by atoms with van der Waals surface area (Å²) in [6, 6.07) is 19.9. The van der Waals surface area contributed by atoms with Gasteiger partial charge in [-0.15, -0.1) is 0 Å². The lowest BCUT2D eigenvalue weighted by atomic mass is 9.81. The van der Waals surface area contributed by atoms with Crippen LogP contribution in [0.25, 0.3) is 0 Å². The molecule has 0 spiro atoms. The molecule has 2 unspecified atom stereocenters. The van der Waals surface area contributed by atoms with Crippen LogP contribution < -0.4 is 10.6 Å². The molecule has 110 valence electrons. The van der Waals surface area contributed by atoms with E-state index in [0.29, 0.717) is 12.6 Å². The number of hydrogen-bond donors (Lipinski definition) is 1. The molecule has 0 saturated carbocycles. The minimum absolute atomic E-state index is 0.0209. The maximum atomic E-state index is 6.16. The minimum Gasteiger partial charge on any atom is -0.367 e. The highest BCUT2D eigenvalue weighted by Gasteiger charge is 2.33. The molecule has 2 nitrogen and oxygen atoms in total. The first-order valence-electron chi connectivity index (χ1n) is 7.74. The quantitative estimate of drug-likeness (QED) is 0.930. The second kappa shape index (κ2) is 5.53. The van der Waals surface area contributed by atoms with Gasteiger partial charge in [0.1, 0.15) is 0 Å². The molecule has 0 aliphatic carbocycles. The summed E-state index contributed by atoms with van der Waals surface area (Å²) in [5.41, 5.74) is 10.3. The average Bonchev–Trinajstić information content (AvgIpc) is 2.84. The Morgan fingerprint density at radius 3 is 2.48 bits per heavy atom. The van der Waals surface area contributed by atoms with Crippen LogP contribution in [0.3, 0.4) is 0 Å². The van der Waals surface area contributed by atoms with E-state index in [4.69, 9.17) is 5.73 Å². The molecular weight excluding hydrogens is 256 g/mol. The van der Waals surface area contributed by atoms with Crippen molar-refractivity contribution in [2.24, 2.45) is 5.73 Å². The number of rotatable bonds is 4. The predicted octanol–water partition coefficient (Wildman–Crippen LogP) is 3.35. The van der Waals surface area contributed by atoms with Crippen LogP contribution in [0.4, 0.5) is 5.69 Å². The van der Waals surface area contributed by atoms with Crippen LogP contribution >= 0.6 is 0 Å². The third kappa shape index (κ3) is 2.56. The molecule has 0 amide bonds. The molecule has 3 rings (SSSR count). The summed E-state index contributed by atoms with van der Waals surface area (Å²) in [4.78, 5) is 2.52. The van der Waals surface area contributed by atoms with Gasteiger partial charge in [-0.2, -0.15) is 0 Å². The van der Waals surface area contributed by atoms with Gasteiger partial charge in [-0.1, -0.05) is 55.5 Å². The summed E-state index contributed by atoms with van der Waals surface area (Å²) in [6.07, 6.45) is 1.13. The lowest BCUT2D eigenvalue weighted by Gasteiger charge is -2.37. The first kappa shape index (κ1) is 14.2. The zero-order valence-corrected chi connectivity index (χ0v) is 12.9. The van der Waals surface area contributed by atoms with Gasteiger partial charge in [0, 0.05) is 30.2 Å². The maximum Gasteiger partial charge on any atom is 0.0402 e. The Bertz CT molecular complexity index is 608. The van der Waals surface area contributed by atoms with Gasteiger partial charge < -0.3 is 10.6 Å². The van der Waals surface area contributed by atoms with Crippen LogP contribution in [0, 0.1) is 0 Å². The molecule has 1 heterocycles. The second-order valence-corrected chi connectivity index (χ2v) is 6.44. The number of nitrogens with two attached hydrogens (primary N) is 1. The van der Waals surface area contributed by atoms with E-state index in [1.807, 2.05) is 0 Å². The van der Waals surface area contributed by atoms with E-state index in [9.17, 15) is 0 Å². The fourth-order valence-electron chi connectivity index (χ4n) is 3.36. The molecule has 2 aromatic rings. The van der Waals surface area contributed by atoms with E-state index in [0.717, 1.165) is 13.0 Å².